The van der Waals surface area contributed by atoms with Crippen molar-refractivity contribution >= 4 is 5.97 Å². The molecular formula is C19H21NO4. The molecule has 0 aromatic heterocycles. The monoisotopic (exact) mass is 327 g/mol. The number of rotatable bonds is 5. The summed E-state index contributed by atoms with van der Waals surface area (Å²) in [5.74, 6) is -0.565. The van der Waals surface area contributed by atoms with Crippen LogP contribution in [0, 0.1) is 0 Å². The van der Waals surface area contributed by atoms with Gasteiger partial charge >= 0.3 is 5.97 Å². The summed E-state index contributed by atoms with van der Waals surface area (Å²) in [5, 5.41) is 9.97. The van der Waals surface area contributed by atoms with Gasteiger partial charge in [0.15, 0.2) is 0 Å². The molecule has 0 aliphatic carbocycles. The van der Waals surface area contributed by atoms with E-state index in [1.165, 1.54) is 6.07 Å². The fourth-order valence-corrected chi connectivity index (χ4v) is 2.68. The molecule has 2 aromatic carbocycles. The number of benzene rings is 2. The summed E-state index contributed by atoms with van der Waals surface area (Å²) in [7, 11) is 0. The SMILES string of the molecule is O=C(OCCN1CCOCC1)c1cc(-c2ccccc2)ccc1O. The Morgan fingerprint density at radius 2 is 1.83 bits per heavy atom. The number of nitrogens with zero attached hydrogens (tertiary/aromatic N) is 1. The number of carbonyl (C=O) groups is 1. The second kappa shape index (κ2) is 7.95. The summed E-state index contributed by atoms with van der Waals surface area (Å²) in [4.78, 5) is 14.5. The molecule has 0 atom stereocenters. The molecule has 0 amide bonds. The standard InChI is InChI=1S/C19H21NO4/c21-18-7-6-16(15-4-2-1-3-5-15)14-17(18)19(22)24-13-10-20-8-11-23-12-9-20/h1-7,14,21H,8-13H2. The lowest BCUT2D eigenvalue weighted by atomic mass is 10.0. The van der Waals surface area contributed by atoms with Crippen LogP contribution in [0.4, 0.5) is 0 Å². The highest BCUT2D eigenvalue weighted by atomic mass is 16.5. The predicted molar refractivity (Wildman–Crippen MR) is 91.1 cm³/mol. The number of aromatic hydroxyl groups is 1. The second-order valence-corrected chi connectivity index (χ2v) is 5.69. The summed E-state index contributed by atoms with van der Waals surface area (Å²) < 4.78 is 10.6. The van der Waals surface area contributed by atoms with Crippen LogP contribution in [-0.2, 0) is 9.47 Å². The van der Waals surface area contributed by atoms with Crippen molar-refractivity contribution in [2.24, 2.45) is 0 Å². The van der Waals surface area contributed by atoms with Gasteiger partial charge in [0.25, 0.3) is 0 Å². The predicted octanol–water partition coefficient (Wildman–Crippen LogP) is 2.55. The Bertz CT molecular complexity index is 681. The lowest BCUT2D eigenvalue weighted by Gasteiger charge is -2.26. The van der Waals surface area contributed by atoms with Crippen LogP contribution in [0.2, 0.25) is 0 Å². The highest BCUT2D eigenvalue weighted by molar-refractivity contribution is 5.94. The van der Waals surface area contributed by atoms with Crippen molar-refractivity contribution in [3.63, 3.8) is 0 Å². The molecule has 0 unspecified atom stereocenters. The van der Waals surface area contributed by atoms with Gasteiger partial charge in [0.2, 0.25) is 0 Å². The molecular weight excluding hydrogens is 306 g/mol. The fraction of sp³-hybridized carbons (Fsp3) is 0.316. The number of carbonyl (C=O) groups excluding carboxylic acids is 1. The first kappa shape index (κ1) is 16.5. The van der Waals surface area contributed by atoms with E-state index in [2.05, 4.69) is 4.90 Å². The van der Waals surface area contributed by atoms with Crippen molar-refractivity contribution in [2.45, 2.75) is 0 Å². The summed E-state index contributed by atoms with van der Waals surface area (Å²) >= 11 is 0. The van der Waals surface area contributed by atoms with E-state index in [9.17, 15) is 9.90 Å². The van der Waals surface area contributed by atoms with Crippen LogP contribution in [0.25, 0.3) is 11.1 Å². The molecule has 24 heavy (non-hydrogen) atoms. The van der Waals surface area contributed by atoms with Crippen LogP contribution < -0.4 is 0 Å². The summed E-state index contributed by atoms with van der Waals surface area (Å²) in [6.07, 6.45) is 0. The lowest BCUT2D eigenvalue weighted by Crippen LogP contribution is -2.38. The molecule has 0 spiro atoms. The molecule has 0 bridgehead atoms. The summed E-state index contributed by atoms with van der Waals surface area (Å²) in [6.45, 7) is 4.11. The number of hydrogen-bond donors (Lipinski definition) is 1. The van der Waals surface area contributed by atoms with Crippen LogP contribution in [0.3, 0.4) is 0 Å². The zero-order valence-corrected chi connectivity index (χ0v) is 13.5. The Kier molecular flexibility index (Phi) is 5.46. The minimum absolute atomic E-state index is 0.0638. The Labute approximate surface area is 141 Å². The third-order valence-corrected chi connectivity index (χ3v) is 4.07. The Hall–Kier alpha value is -2.37. The third-order valence-electron chi connectivity index (χ3n) is 4.07. The quantitative estimate of drug-likeness (QED) is 0.855. The molecule has 1 N–H and O–H groups in total. The molecule has 5 heteroatoms. The van der Waals surface area contributed by atoms with Crippen molar-refractivity contribution < 1.29 is 19.4 Å². The molecule has 1 aliphatic rings. The smallest absolute Gasteiger partial charge is 0.341 e. The van der Waals surface area contributed by atoms with Crippen LogP contribution in [0.15, 0.2) is 48.5 Å². The van der Waals surface area contributed by atoms with Crippen molar-refractivity contribution in [1.82, 2.24) is 4.90 Å². The lowest BCUT2D eigenvalue weighted by molar-refractivity contribution is 0.0194. The van der Waals surface area contributed by atoms with E-state index >= 15 is 0 Å². The van der Waals surface area contributed by atoms with Gasteiger partial charge in [-0.05, 0) is 23.3 Å². The molecule has 1 saturated heterocycles. The minimum Gasteiger partial charge on any atom is -0.507 e. The molecule has 126 valence electrons. The molecule has 0 radical (unpaired) electrons. The maximum absolute atomic E-state index is 12.3. The van der Waals surface area contributed by atoms with E-state index in [1.54, 1.807) is 12.1 Å². The molecule has 5 nitrogen and oxygen atoms in total. The summed E-state index contributed by atoms with van der Waals surface area (Å²) in [6, 6.07) is 14.7. The van der Waals surface area contributed by atoms with E-state index in [1.807, 2.05) is 30.3 Å². The van der Waals surface area contributed by atoms with Crippen molar-refractivity contribution in [3.8, 4) is 16.9 Å². The molecule has 1 aliphatic heterocycles. The Balaban J connectivity index is 1.63. The summed E-state index contributed by atoms with van der Waals surface area (Å²) in [5.41, 5.74) is 2.05. The fourth-order valence-electron chi connectivity index (χ4n) is 2.68. The van der Waals surface area contributed by atoms with Gasteiger partial charge in [0.1, 0.15) is 17.9 Å². The van der Waals surface area contributed by atoms with Crippen molar-refractivity contribution in [2.75, 3.05) is 39.5 Å². The van der Waals surface area contributed by atoms with Gasteiger partial charge in [-0.1, -0.05) is 36.4 Å². The zero-order valence-electron chi connectivity index (χ0n) is 13.5. The average Bonchev–Trinajstić information content (AvgIpc) is 2.63. The van der Waals surface area contributed by atoms with Crippen LogP contribution in [-0.4, -0.2) is 55.4 Å². The van der Waals surface area contributed by atoms with E-state index < -0.39 is 5.97 Å². The van der Waals surface area contributed by atoms with Crippen LogP contribution in [0.1, 0.15) is 10.4 Å². The first-order chi connectivity index (χ1) is 11.7. The average molecular weight is 327 g/mol. The largest absolute Gasteiger partial charge is 0.507 e. The van der Waals surface area contributed by atoms with E-state index in [-0.39, 0.29) is 11.3 Å². The number of morpholine rings is 1. The van der Waals surface area contributed by atoms with E-state index in [0.29, 0.717) is 26.4 Å². The third kappa shape index (κ3) is 4.13. The molecule has 0 saturated carbocycles. The number of phenolic OH excluding ortho intramolecular Hbond substituents is 1. The van der Waals surface area contributed by atoms with Gasteiger partial charge < -0.3 is 14.6 Å². The maximum Gasteiger partial charge on any atom is 0.341 e. The zero-order chi connectivity index (χ0) is 16.8. The molecule has 1 heterocycles. The second-order valence-electron chi connectivity index (χ2n) is 5.69. The Morgan fingerprint density at radius 1 is 1.08 bits per heavy atom. The number of phenols is 1. The molecule has 2 aromatic rings. The molecule has 3 rings (SSSR count). The topological polar surface area (TPSA) is 59.0 Å². The van der Waals surface area contributed by atoms with Gasteiger partial charge in [-0.3, -0.25) is 4.90 Å². The van der Waals surface area contributed by atoms with Gasteiger partial charge in [0, 0.05) is 19.6 Å². The first-order valence-electron chi connectivity index (χ1n) is 8.10. The molecule has 1 fully saturated rings. The van der Waals surface area contributed by atoms with Crippen LogP contribution >= 0.6 is 0 Å². The van der Waals surface area contributed by atoms with Gasteiger partial charge in [-0.25, -0.2) is 4.79 Å². The highest BCUT2D eigenvalue weighted by Crippen LogP contribution is 2.26. The number of ether oxygens (including phenoxy) is 2. The minimum atomic E-state index is -0.501. The van der Waals surface area contributed by atoms with Crippen molar-refractivity contribution in [3.05, 3.63) is 54.1 Å². The van der Waals surface area contributed by atoms with Gasteiger partial charge in [0.05, 0.1) is 13.2 Å². The number of hydrogen-bond acceptors (Lipinski definition) is 5. The van der Waals surface area contributed by atoms with E-state index in [0.717, 1.165) is 24.2 Å². The van der Waals surface area contributed by atoms with Gasteiger partial charge in [-0.15, -0.1) is 0 Å². The normalized spacial score (nSPS) is 15.2. The number of esters is 1. The Morgan fingerprint density at radius 3 is 2.58 bits per heavy atom. The van der Waals surface area contributed by atoms with Crippen molar-refractivity contribution in [1.29, 1.82) is 0 Å². The first-order valence-corrected chi connectivity index (χ1v) is 8.10. The van der Waals surface area contributed by atoms with E-state index in [4.69, 9.17) is 9.47 Å². The highest BCUT2D eigenvalue weighted by Gasteiger charge is 2.15. The maximum atomic E-state index is 12.3. The van der Waals surface area contributed by atoms with Gasteiger partial charge in [-0.2, -0.15) is 0 Å². The van der Waals surface area contributed by atoms with Crippen LogP contribution in [0.5, 0.6) is 5.75 Å².